The van der Waals surface area contributed by atoms with Crippen LogP contribution in [-0.4, -0.2) is 30.7 Å². The second-order valence-corrected chi connectivity index (χ2v) is 5.59. The van der Waals surface area contributed by atoms with Crippen molar-refractivity contribution in [3.63, 3.8) is 0 Å². The SMILES string of the molecule is Cc1cc(F)cc2c1N(CC(=O)NCC1CC1)C(=O)C2=O. The minimum absolute atomic E-state index is 0.0347. The first-order valence-electron chi connectivity index (χ1n) is 6.90. The normalized spacial score (nSPS) is 17.1. The fourth-order valence-electron chi connectivity index (χ4n) is 2.54. The Hall–Kier alpha value is -2.24. The van der Waals surface area contributed by atoms with Crippen molar-refractivity contribution in [2.45, 2.75) is 19.8 Å². The number of benzene rings is 1. The smallest absolute Gasteiger partial charge is 0.299 e. The van der Waals surface area contributed by atoms with Gasteiger partial charge in [-0.15, -0.1) is 0 Å². The minimum atomic E-state index is -0.778. The van der Waals surface area contributed by atoms with Gasteiger partial charge in [0.05, 0.1) is 11.3 Å². The summed E-state index contributed by atoms with van der Waals surface area (Å²) >= 11 is 0. The molecule has 0 unspecified atom stereocenters. The number of fused-ring (bicyclic) bond motifs is 1. The second kappa shape index (κ2) is 4.95. The molecule has 0 spiro atoms. The largest absolute Gasteiger partial charge is 0.354 e. The Morgan fingerprint density at radius 3 is 2.76 bits per heavy atom. The molecule has 1 aromatic rings. The highest BCUT2D eigenvalue weighted by Gasteiger charge is 2.38. The molecule has 0 bridgehead atoms. The van der Waals surface area contributed by atoms with Gasteiger partial charge in [0, 0.05) is 6.54 Å². The number of carbonyl (C=O) groups is 3. The van der Waals surface area contributed by atoms with Gasteiger partial charge in [-0.25, -0.2) is 4.39 Å². The fourth-order valence-corrected chi connectivity index (χ4v) is 2.54. The Kier molecular flexibility index (Phi) is 3.23. The Balaban J connectivity index is 1.81. The lowest BCUT2D eigenvalue weighted by molar-refractivity contribution is -0.122. The number of nitrogens with one attached hydrogen (secondary N) is 1. The predicted octanol–water partition coefficient (Wildman–Crippen LogP) is 1.19. The van der Waals surface area contributed by atoms with Crippen molar-refractivity contribution in [3.05, 3.63) is 29.1 Å². The van der Waals surface area contributed by atoms with Gasteiger partial charge in [0.15, 0.2) is 0 Å². The van der Waals surface area contributed by atoms with Crippen LogP contribution in [0.1, 0.15) is 28.8 Å². The summed E-state index contributed by atoms with van der Waals surface area (Å²) in [6, 6.07) is 2.30. The van der Waals surface area contributed by atoms with Crippen molar-refractivity contribution in [2.75, 3.05) is 18.0 Å². The molecule has 2 amide bonds. The summed E-state index contributed by atoms with van der Waals surface area (Å²) in [7, 11) is 0. The Labute approximate surface area is 121 Å². The topological polar surface area (TPSA) is 66.5 Å². The summed E-state index contributed by atoms with van der Waals surface area (Å²) < 4.78 is 13.4. The van der Waals surface area contributed by atoms with Crippen LogP contribution in [-0.2, 0) is 9.59 Å². The van der Waals surface area contributed by atoms with E-state index in [0.29, 0.717) is 23.7 Å². The van der Waals surface area contributed by atoms with E-state index in [1.54, 1.807) is 6.92 Å². The Morgan fingerprint density at radius 2 is 2.10 bits per heavy atom. The van der Waals surface area contributed by atoms with Crippen molar-refractivity contribution in [1.82, 2.24) is 5.32 Å². The molecule has 1 saturated carbocycles. The van der Waals surface area contributed by atoms with E-state index in [1.807, 2.05) is 0 Å². The fraction of sp³-hybridized carbons (Fsp3) is 0.400. The maximum atomic E-state index is 13.4. The lowest BCUT2D eigenvalue weighted by atomic mass is 10.1. The molecule has 2 aliphatic rings. The van der Waals surface area contributed by atoms with Crippen molar-refractivity contribution < 1.29 is 18.8 Å². The van der Waals surface area contributed by atoms with Crippen molar-refractivity contribution in [3.8, 4) is 0 Å². The van der Waals surface area contributed by atoms with Gasteiger partial charge in [-0.1, -0.05) is 0 Å². The van der Waals surface area contributed by atoms with Crippen LogP contribution in [0.2, 0.25) is 0 Å². The van der Waals surface area contributed by atoms with E-state index in [0.717, 1.165) is 23.8 Å². The van der Waals surface area contributed by atoms with Crippen LogP contribution in [0.15, 0.2) is 12.1 Å². The van der Waals surface area contributed by atoms with E-state index in [4.69, 9.17) is 0 Å². The van der Waals surface area contributed by atoms with Crippen LogP contribution >= 0.6 is 0 Å². The summed E-state index contributed by atoms with van der Waals surface area (Å²) in [5.41, 5.74) is 0.847. The lowest BCUT2D eigenvalue weighted by Crippen LogP contribution is -2.40. The molecular weight excluding hydrogens is 275 g/mol. The third-order valence-electron chi connectivity index (χ3n) is 3.81. The minimum Gasteiger partial charge on any atom is -0.354 e. The van der Waals surface area contributed by atoms with Crippen molar-refractivity contribution in [2.24, 2.45) is 5.92 Å². The molecule has 0 aromatic heterocycles. The number of aryl methyl sites for hydroxylation is 1. The monoisotopic (exact) mass is 290 g/mol. The van der Waals surface area contributed by atoms with E-state index in [1.165, 1.54) is 6.07 Å². The van der Waals surface area contributed by atoms with Gasteiger partial charge in [0.2, 0.25) is 5.91 Å². The van der Waals surface area contributed by atoms with Crippen molar-refractivity contribution >= 4 is 23.3 Å². The molecule has 5 nitrogen and oxygen atoms in total. The molecule has 1 N–H and O–H groups in total. The summed E-state index contributed by atoms with van der Waals surface area (Å²) in [5, 5.41) is 2.75. The zero-order valence-electron chi connectivity index (χ0n) is 11.6. The molecule has 1 aromatic carbocycles. The van der Waals surface area contributed by atoms with Gasteiger partial charge in [0.25, 0.3) is 11.7 Å². The van der Waals surface area contributed by atoms with Crippen LogP contribution in [0.4, 0.5) is 10.1 Å². The van der Waals surface area contributed by atoms with Gasteiger partial charge in [-0.3, -0.25) is 19.3 Å². The highest BCUT2D eigenvalue weighted by molar-refractivity contribution is 6.52. The summed E-state index contributed by atoms with van der Waals surface area (Å²) in [4.78, 5) is 36.9. The summed E-state index contributed by atoms with van der Waals surface area (Å²) in [6.07, 6.45) is 2.23. The lowest BCUT2D eigenvalue weighted by Gasteiger charge is -2.18. The average Bonchev–Trinajstić information content (AvgIpc) is 3.21. The second-order valence-electron chi connectivity index (χ2n) is 5.59. The van der Waals surface area contributed by atoms with Crippen LogP contribution in [0.25, 0.3) is 0 Å². The summed E-state index contributed by atoms with van der Waals surface area (Å²) in [6.45, 7) is 2.00. The number of hydrogen-bond acceptors (Lipinski definition) is 3. The molecule has 6 heteroatoms. The Bertz CT molecular complexity index is 653. The molecule has 0 saturated heterocycles. The molecule has 0 atom stereocenters. The number of ketones is 1. The molecule has 1 fully saturated rings. The number of hydrogen-bond donors (Lipinski definition) is 1. The standard InChI is InChI=1S/C15H15FN2O3/c1-8-4-10(16)5-11-13(8)18(15(21)14(11)20)7-12(19)17-6-9-2-3-9/h4-5,9H,2-3,6-7H2,1H3,(H,17,19). The van der Waals surface area contributed by atoms with Crippen molar-refractivity contribution in [1.29, 1.82) is 0 Å². The first-order chi connectivity index (χ1) is 9.97. The van der Waals surface area contributed by atoms with Crippen LogP contribution < -0.4 is 10.2 Å². The number of Topliss-reactive ketones (excluding diaryl/α,β-unsaturated/α-hetero) is 1. The number of nitrogens with zero attached hydrogens (tertiary/aromatic N) is 1. The highest BCUT2D eigenvalue weighted by Crippen LogP contribution is 2.33. The van der Waals surface area contributed by atoms with E-state index >= 15 is 0 Å². The van der Waals surface area contributed by atoms with Crippen LogP contribution in [0.5, 0.6) is 0 Å². The third kappa shape index (κ3) is 2.53. The van der Waals surface area contributed by atoms with Gasteiger partial charge >= 0.3 is 0 Å². The van der Waals surface area contributed by atoms with E-state index in [9.17, 15) is 18.8 Å². The molecule has 0 radical (unpaired) electrons. The first kappa shape index (κ1) is 13.7. The molecule has 110 valence electrons. The van der Waals surface area contributed by atoms with Gasteiger partial charge in [0.1, 0.15) is 12.4 Å². The molecule has 1 aliphatic heterocycles. The molecule has 1 aliphatic carbocycles. The maximum Gasteiger partial charge on any atom is 0.299 e. The number of rotatable bonds is 4. The van der Waals surface area contributed by atoms with E-state index in [2.05, 4.69) is 5.32 Å². The van der Waals surface area contributed by atoms with Crippen LogP contribution in [0, 0.1) is 18.7 Å². The molecule has 21 heavy (non-hydrogen) atoms. The number of carbonyl (C=O) groups excluding carboxylic acids is 3. The number of amides is 2. The number of halogens is 1. The number of anilines is 1. The van der Waals surface area contributed by atoms with E-state index in [-0.39, 0.29) is 18.0 Å². The zero-order chi connectivity index (χ0) is 15.1. The summed E-state index contributed by atoms with van der Waals surface area (Å²) in [5.74, 6) is -1.87. The zero-order valence-corrected chi connectivity index (χ0v) is 11.6. The van der Waals surface area contributed by atoms with Gasteiger partial charge in [-0.2, -0.15) is 0 Å². The highest BCUT2D eigenvalue weighted by atomic mass is 19.1. The van der Waals surface area contributed by atoms with Gasteiger partial charge < -0.3 is 5.32 Å². The molecular formula is C15H15FN2O3. The maximum absolute atomic E-state index is 13.4. The van der Waals surface area contributed by atoms with Crippen LogP contribution in [0.3, 0.4) is 0 Å². The van der Waals surface area contributed by atoms with E-state index < -0.39 is 17.5 Å². The average molecular weight is 290 g/mol. The molecule has 1 heterocycles. The third-order valence-corrected chi connectivity index (χ3v) is 3.81. The molecule has 3 rings (SSSR count). The van der Waals surface area contributed by atoms with Gasteiger partial charge in [-0.05, 0) is 43.4 Å². The first-order valence-corrected chi connectivity index (χ1v) is 6.90. The predicted molar refractivity (Wildman–Crippen MR) is 73.6 cm³/mol. The Morgan fingerprint density at radius 1 is 1.38 bits per heavy atom. The quantitative estimate of drug-likeness (QED) is 0.847.